The molecule has 0 atom stereocenters. The Labute approximate surface area is 112 Å². The Balaban J connectivity index is 1.96. The van der Waals surface area contributed by atoms with Gasteiger partial charge in [-0.15, -0.1) is 0 Å². The monoisotopic (exact) mass is 257 g/mol. The largest absolute Gasteiger partial charge is 0.374 e. The van der Waals surface area contributed by atoms with E-state index in [1.54, 1.807) is 12.1 Å². The Morgan fingerprint density at radius 3 is 2.37 bits per heavy atom. The van der Waals surface area contributed by atoms with Crippen LogP contribution < -0.4 is 4.90 Å². The SMILES string of the molecule is CN(CCC(=O)c1ccccc1F)c1ccccc1. The maximum Gasteiger partial charge on any atom is 0.167 e. The van der Waals surface area contributed by atoms with E-state index in [1.807, 2.05) is 42.3 Å². The van der Waals surface area contributed by atoms with Crippen LogP contribution in [0.2, 0.25) is 0 Å². The zero-order chi connectivity index (χ0) is 13.7. The first kappa shape index (κ1) is 13.3. The number of anilines is 1. The van der Waals surface area contributed by atoms with E-state index in [9.17, 15) is 9.18 Å². The number of hydrogen-bond acceptors (Lipinski definition) is 2. The van der Waals surface area contributed by atoms with Gasteiger partial charge in [0.25, 0.3) is 0 Å². The van der Waals surface area contributed by atoms with Crippen molar-refractivity contribution in [3.8, 4) is 0 Å². The molecular formula is C16H16FNO. The van der Waals surface area contributed by atoms with Crippen LogP contribution in [0.3, 0.4) is 0 Å². The van der Waals surface area contributed by atoms with E-state index in [0.717, 1.165) is 5.69 Å². The topological polar surface area (TPSA) is 20.3 Å². The maximum absolute atomic E-state index is 13.5. The zero-order valence-corrected chi connectivity index (χ0v) is 10.8. The molecule has 0 aliphatic carbocycles. The average Bonchev–Trinajstić information content (AvgIpc) is 2.46. The van der Waals surface area contributed by atoms with Crippen LogP contribution in [0.1, 0.15) is 16.8 Å². The molecular weight excluding hydrogens is 241 g/mol. The van der Waals surface area contributed by atoms with E-state index < -0.39 is 5.82 Å². The van der Waals surface area contributed by atoms with Crippen molar-refractivity contribution in [1.82, 2.24) is 0 Å². The number of nitrogens with zero attached hydrogens (tertiary/aromatic N) is 1. The lowest BCUT2D eigenvalue weighted by Gasteiger charge is -2.18. The zero-order valence-electron chi connectivity index (χ0n) is 10.8. The van der Waals surface area contributed by atoms with Gasteiger partial charge >= 0.3 is 0 Å². The van der Waals surface area contributed by atoms with Gasteiger partial charge in [-0.25, -0.2) is 4.39 Å². The Morgan fingerprint density at radius 2 is 1.68 bits per heavy atom. The minimum atomic E-state index is -0.449. The number of rotatable bonds is 5. The molecule has 0 fully saturated rings. The van der Waals surface area contributed by atoms with Crippen molar-refractivity contribution in [1.29, 1.82) is 0 Å². The van der Waals surface area contributed by atoms with E-state index in [0.29, 0.717) is 13.0 Å². The molecule has 0 aliphatic rings. The van der Waals surface area contributed by atoms with Crippen molar-refractivity contribution in [2.75, 3.05) is 18.5 Å². The summed E-state index contributed by atoms with van der Waals surface area (Å²) >= 11 is 0. The molecule has 98 valence electrons. The first-order valence-corrected chi connectivity index (χ1v) is 6.22. The summed E-state index contributed by atoms with van der Waals surface area (Å²) in [7, 11) is 1.92. The standard InChI is InChI=1S/C16H16FNO/c1-18(13-7-3-2-4-8-13)12-11-16(19)14-9-5-6-10-15(14)17/h2-10H,11-12H2,1H3. The summed E-state index contributed by atoms with van der Waals surface area (Å²) < 4.78 is 13.5. The van der Waals surface area contributed by atoms with Gasteiger partial charge in [0.05, 0.1) is 5.56 Å². The molecule has 0 bridgehead atoms. The van der Waals surface area contributed by atoms with Gasteiger partial charge in [-0.3, -0.25) is 4.79 Å². The van der Waals surface area contributed by atoms with Crippen LogP contribution in [0.4, 0.5) is 10.1 Å². The van der Waals surface area contributed by atoms with Crippen LogP contribution in [-0.2, 0) is 0 Å². The summed E-state index contributed by atoms with van der Waals surface area (Å²) in [5.74, 6) is -0.615. The number of hydrogen-bond donors (Lipinski definition) is 0. The fourth-order valence-electron chi connectivity index (χ4n) is 1.90. The van der Waals surface area contributed by atoms with Crippen LogP contribution >= 0.6 is 0 Å². The molecule has 0 amide bonds. The molecule has 0 radical (unpaired) electrons. The van der Waals surface area contributed by atoms with Crippen molar-refractivity contribution >= 4 is 11.5 Å². The van der Waals surface area contributed by atoms with Crippen LogP contribution in [0, 0.1) is 5.82 Å². The lowest BCUT2D eigenvalue weighted by molar-refractivity contribution is 0.0981. The Bertz CT molecular complexity index is 554. The van der Waals surface area contributed by atoms with Gasteiger partial charge in [-0.1, -0.05) is 30.3 Å². The fourth-order valence-corrected chi connectivity index (χ4v) is 1.90. The highest BCUT2D eigenvalue weighted by molar-refractivity contribution is 5.96. The number of benzene rings is 2. The van der Waals surface area contributed by atoms with Crippen molar-refractivity contribution < 1.29 is 9.18 Å². The van der Waals surface area contributed by atoms with Crippen molar-refractivity contribution in [3.63, 3.8) is 0 Å². The normalized spacial score (nSPS) is 10.2. The maximum atomic E-state index is 13.5. The van der Waals surface area contributed by atoms with Crippen molar-refractivity contribution in [3.05, 3.63) is 66.0 Å². The number of carbonyl (C=O) groups is 1. The molecule has 19 heavy (non-hydrogen) atoms. The van der Waals surface area contributed by atoms with E-state index in [2.05, 4.69) is 0 Å². The molecule has 0 spiro atoms. The Morgan fingerprint density at radius 1 is 1.05 bits per heavy atom. The fraction of sp³-hybridized carbons (Fsp3) is 0.188. The van der Waals surface area contributed by atoms with Crippen LogP contribution in [-0.4, -0.2) is 19.4 Å². The van der Waals surface area contributed by atoms with Crippen LogP contribution in [0.5, 0.6) is 0 Å². The minimum absolute atomic E-state index is 0.166. The van der Waals surface area contributed by atoms with Crippen LogP contribution in [0.15, 0.2) is 54.6 Å². The first-order chi connectivity index (χ1) is 9.18. The number of halogens is 1. The second-order valence-electron chi connectivity index (χ2n) is 4.41. The molecule has 0 unspecified atom stereocenters. The van der Waals surface area contributed by atoms with E-state index >= 15 is 0 Å². The van der Waals surface area contributed by atoms with E-state index in [-0.39, 0.29) is 11.3 Å². The lowest BCUT2D eigenvalue weighted by atomic mass is 10.1. The molecule has 3 heteroatoms. The van der Waals surface area contributed by atoms with Crippen LogP contribution in [0.25, 0.3) is 0 Å². The highest BCUT2D eigenvalue weighted by atomic mass is 19.1. The molecule has 0 aromatic heterocycles. The molecule has 2 aromatic rings. The first-order valence-electron chi connectivity index (χ1n) is 6.22. The molecule has 0 heterocycles. The number of para-hydroxylation sites is 1. The number of Topliss-reactive ketones (excluding diaryl/α,β-unsaturated/α-hetero) is 1. The van der Waals surface area contributed by atoms with Crippen molar-refractivity contribution in [2.24, 2.45) is 0 Å². The summed E-state index contributed by atoms with van der Waals surface area (Å²) in [6, 6.07) is 15.9. The summed E-state index contributed by atoms with van der Waals surface area (Å²) in [5.41, 5.74) is 1.22. The van der Waals surface area contributed by atoms with Gasteiger partial charge in [-0.2, -0.15) is 0 Å². The number of carbonyl (C=O) groups excluding carboxylic acids is 1. The third-order valence-electron chi connectivity index (χ3n) is 3.05. The summed E-state index contributed by atoms with van der Waals surface area (Å²) in [4.78, 5) is 13.9. The highest BCUT2D eigenvalue weighted by Crippen LogP contribution is 2.13. The molecule has 2 nitrogen and oxygen atoms in total. The molecule has 0 saturated carbocycles. The van der Waals surface area contributed by atoms with E-state index in [4.69, 9.17) is 0 Å². The van der Waals surface area contributed by atoms with Gasteiger partial charge in [0.1, 0.15) is 5.82 Å². The van der Waals surface area contributed by atoms with Gasteiger partial charge in [0.2, 0.25) is 0 Å². The molecule has 0 aliphatic heterocycles. The Hall–Kier alpha value is -2.16. The van der Waals surface area contributed by atoms with Gasteiger partial charge < -0.3 is 4.90 Å². The second kappa shape index (κ2) is 6.14. The van der Waals surface area contributed by atoms with Gasteiger partial charge in [0.15, 0.2) is 5.78 Å². The highest BCUT2D eigenvalue weighted by Gasteiger charge is 2.11. The van der Waals surface area contributed by atoms with Gasteiger partial charge in [-0.05, 0) is 24.3 Å². The average molecular weight is 257 g/mol. The van der Waals surface area contributed by atoms with E-state index in [1.165, 1.54) is 12.1 Å². The number of ketones is 1. The summed E-state index contributed by atoms with van der Waals surface area (Å²) in [5, 5.41) is 0. The predicted molar refractivity (Wildman–Crippen MR) is 75.1 cm³/mol. The second-order valence-corrected chi connectivity index (χ2v) is 4.41. The summed E-state index contributed by atoms with van der Waals surface area (Å²) in [6.07, 6.45) is 0.298. The minimum Gasteiger partial charge on any atom is -0.374 e. The van der Waals surface area contributed by atoms with Crippen molar-refractivity contribution in [2.45, 2.75) is 6.42 Å². The smallest absolute Gasteiger partial charge is 0.167 e. The van der Waals surface area contributed by atoms with Gasteiger partial charge in [0, 0.05) is 25.7 Å². The molecule has 0 N–H and O–H groups in total. The summed E-state index contributed by atoms with van der Waals surface area (Å²) in [6.45, 7) is 0.567. The quantitative estimate of drug-likeness (QED) is 0.764. The molecule has 2 rings (SSSR count). The third-order valence-corrected chi connectivity index (χ3v) is 3.05. The molecule has 2 aromatic carbocycles. The third kappa shape index (κ3) is 3.41. The Kier molecular flexibility index (Phi) is 4.29. The lowest BCUT2D eigenvalue weighted by Crippen LogP contribution is -2.21. The molecule has 0 saturated heterocycles. The predicted octanol–water partition coefficient (Wildman–Crippen LogP) is 3.53.